The molecule has 1 aliphatic carbocycles. The number of hydrogen-bond acceptors (Lipinski definition) is 2. The first-order valence-corrected chi connectivity index (χ1v) is 5.31. The Morgan fingerprint density at radius 1 is 1.67 bits per heavy atom. The number of thiol groups is 1. The molecule has 3 heteroatoms. The van der Waals surface area contributed by atoms with E-state index in [0.717, 1.165) is 5.92 Å². The van der Waals surface area contributed by atoms with Crippen molar-refractivity contribution in [2.24, 2.45) is 5.92 Å². The Morgan fingerprint density at radius 3 is 3.00 bits per heavy atom. The fourth-order valence-electron chi connectivity index (χ4n) is 1.49. The normalized spacial score (nSPS) is 26.8. The van der Waals surface area contributed by atoms with Crippen LogP contribution in [0, 0.1) is 5.92 Å². The van der Waals surface area contributed by atoms with E-state index in [0.29, 0.717) is 18.2 Å². The maximum absolute atomic E-state index is 11.1. The lowest BCUT2D eigenvalue weighted by Gasteiger charge is -2.01. The third-order valence-electron chi connectivity index (χ3n) is 2.27. The average molecular weight is 187 g/mol. The number of carbonyl (C=O) groups excluding carboxylic acids is 1. The van der Waals surface area contributed by atoms with Gasteiger partial charge in [0.2, 0.25) is 5.91 Å². The van der Waals surface area contributed by atoms with Gasteiger partial charge in [-0.25, -0.2) is 0 Å². The molecule has 1 N–H and O–H groups in total. The van der Waals surface area contributed by atoms with Crippen molar-refractivity contribution >= 4 is 18.5 Å². The van der Waals surface area contributed by atoms with E-state index in [1.54, 1.807) is 0 Å². The Hall–Kier alpha value is -0.180. The number of rotatable bonds is 5. The molecule has 0 aliphatic heterocycles. The highest BCUT2D eigenvalue weighted by molar-refractivity contribution is 7.80. The molecule has 1 rings (SSSR count). The lowest BCUT2D eigenvalue weighted by atomic mass is 10.2. The molecule has 0 spiro atoms. The SMILES string of the molecule is CCCC1CC1NC(=O)CCS. The predicted molar refractivity (Wildman–Crippen MR) is 53.4 cm³/mol. The molecule has 1 aliphatic rings. The topological polar surface area (TPSA) is 29.1 Å². The molecule has 0 aromatic carbocycles. The second-order valence-electron chi connectivity index (χ2n) is 3.43. The summed E-state index contributed by atoms with van der Waals surface area (Å²) in [7, 11) is 0. The third kappa shape index (κ3) is 3.05. The summed E-state index contributed by atoms with van der Waals surface area (Å²) in [5.74, 6) is 1.57. The summed E-state index contributed by atoms with van der Waals surface area (Å²) in [5.41, 5.74) is 0. The molecule has 0 aromatic rings. The molecule has 70 valence electrons. The van der Waals surface area contributed by atoms with E-state index < -0.39 is 0 Å². The van der Waals surface area contributed by atoms with Gasteiger partial charge in [-0.1, -0.05) is 13.3 Å². The van der Waals surface area contributed by atoms with Crippen LogP contribution in [0.5, 0.6) is 0 Å². The highest BCUT2D eigenvalue weighted by Crippen LogP contribution is 2.34. The molecule has 0 radical (unpaired) electrons. The van der Waals surface area contributed by atoms with Crippen molar-refractivity contribution in [3.05, 3.63) is 0 Å². The van der Waals surface area contributed by atoms with Gasteiger partial charge in [0.25, 0.3) is 0 Å². The molecular formula is C9H17NOS. The number of carbonyl (C=O) groups is 1. The summed E-state index contributed by atoms with van der Waals surface area (Å²) in [6, 6.07) is 0.484. The molecule has 0 heterocycles. The monoisotopic (exact) mass is 187 g/mol. The van der Waals surface area contributed by atoms with Gasteiger partial charge in [0.15, 0.2) is 0 Å². The van der Waals surface area contributed by atoms with Gasteiger partial charge < -0.3 is 5.32 Å². The van der Waals surface area contributed by atoms with E-state index in [2.05, 4.69) is 24.9 Å². The molecule has 2 unspecified atom stereocenters. The first-order chi connectivity index (χ1) is 5.77. The largest absolute Gasteiger partial charge is 0.353 e. The lowest BCUT2D eigenvalue weighted by molar-refractivity contribution is -0.120. The van der Waals surface area contributed by atoms with E-state index in [-0.39, 0.29) is 5.91 Å². The maximum atomic E-state index is 11.1. The summed E-state index contributed by atoms with van der Waals surface area (Å²) < 4.78 is 0. The van der Waals surface area contributed by atoms with Crippen LogP contribution in [0.25, 0.3) is 0 Å². The van der Waals surface area contributed by atoms with Gasteiger partial charge in [0.1, 0.15) is 0 Å². The highest BCUT2D eigenvalue weighted by Gasteiger charge is 2.36. The van der Waals surface area contributed by atoms with E-state index in [1.165, 1.54) is 19.3 Å². The van der Waals surface area contributed by atoms with Gasteiger partial charge in [0.05, 0.1) is 0 Å². The summed E-state index contributed by atoms with van der Waals surface area (Å²) in [6.45, 7) is 2.19. The molecule has 0 bridgehead atoms. The Balaban J connectivity index is 2.06. The Bertz CT molecular complexity index is 161. The van der Waals surface area contributed by atoms with Gasteiger partial charge in [-0.3, -0.25) is 4.79 Å². The fourth-order valence-corrected chi connectivity index (χ4v) is 1.70. The summed E-state index contributed by atoms with van der Waals surface area (Å²) >= 11 is 4.01. The maximum Gasteiger partial charge on any atom is 0.221 e. The number of hydrogen-bond donors (Lipinski definition) is 2. The van der Waals surface area contributed by atoms with Crippen molar-refractivity contribution in [3.63, 3.8) is 0 Å². The zero-order valence-electron chi connectivity index (χ0n) is 7.55. The van der Waals surface area contributed by atoms with Crippen LogP contribution in [0.2, 0.25) is 0 Å². The smallest absolute Gasteiger partial charge is 0.221 e. The first kappa shape index (κ1) is 9.90. The molecule has 1 saturated carbocycles. The van der Waals surface area contributed by atoms with E-state index >= 15 is 0 Å². The molecule has 1 amide bonds. The minimum absolute atomic E-state index is 0.161. The minimum Gasteiger partial charge on any atom is -0.353 e. The van der Waals surface area contributed by atoms with Gasteiger partial charge in [-0.15, -0.1) is 0 Å². The molecule has 1 fully saturated rings. The van der Waals surface area contributed by atoms with Crippen LogP contribution in [-0.2, 0) is 4.79 Å². The summed E-state index contributed by atoms with van der Waals surface area (Å²) in [6.07, 6.45) is 4.22. The van der Waals surface area contributed by atoms with Crippen molar-refractivity contribution in [1.29, 1.82) is 0 Å². The summed E-state index contributed by atoms with van der Waals surface area (Å²) in [5, 5.41) is 3.00. The van der Waals surface area contributed by atoms with Crippen LogP contribution in [0.1, 0.15) is 32.6 Å². The lowest BCUT2D eigenvalue weighted by Crippen LogP contribution is -2.26. The van der Waals surface area contributed by atoms with Crippen LogP contribution < -0.4 is 5.32 Å². The number of nitrogens with one attached hydrogen (secondary N) is 1. The Morgan fingerprint density at radius 2 is 2.42 bits per heavy atom. The zero-order chi connectivity index (χ0) is 8.97. The predicted octanol–water partition coefficient (Wildman–Crippen LogP) is 1.61. The van der Waals surface area contributed by atoms with Gasteiger partial charge >= 0.3 is 0 Å². The standard InChI is InChI=1S/C9H17NOS/c1-2-3-7-6-8(7)10-9(11)4-5-12/h7-8,12H,2-6H2,1H3,(H,10,11). The molecule has 0 aromatic heterocycles. The Kier molecular flexibility index (Phi) is 3.92. The van der Waals surface area contributed by atoms with E-state index in [1.807, 2.05) is 0 Å². The van der Waals surface area contributed by atoms with Crippen LogP contribution >= 0.6 is 12.6 Å². The van der Waals surface area contributed by atoms with Crippen molar-refractivity contribution in [3.8, 4) is 0 Å². The zero-order valence-corrected chi connectivity index (χ0v) is 8.44. The van der Waals surface area contributed by atoms with Crippen molar-refractivity contribution in [2.75, 3.05) is 5.75 Å². The van der Waals surface area contributed by atoms with Crippen LogP contribution in [0.4, 0.5) is 0 Å². The Labute approximate surface area is 79.5 Å². The van der Waals surface area contributed by atoms with Gasteiger partial charge in [0, 0.05) is 12.5 Å². The van der Waals surface area contributed by atoms with E-state index in [4.69, 9.17) is 0 Å². The second-order valence-corrected chi connectivity index (χ2v) is 3.88. The average Bonchev–Trinajstić information content (AvgIpc) is 2.69. The molecule has 2 atom stereocenters. The van der Waals surface area contributed by atoms with E-state index in [9.17, 15) is 4.79 Å². The van der Waals surface area contributed by atoms with Gasteiger partial charge in [-0.05, 0) is 24.5 Å². The second kappa shape index (κ2) is 4.75. The fraction of sp³-hybridized carbons (Fsp3) is 0.889. The van der Waals surface area contributed by atoms with Crippen molar-refractivity contribution < 1.29 is 4.79 Å². The molecule has 12 heavy (non-hydrogen) atoms. The quantitative estimate of drug-likeness (QED) is 0.629. The van der Waals surface area contributed by atoms with Gasteiger partial charge in [-0.2, -0.15) is 12.6 Å². The minimum atomic E-state index is 0.161. The summed E-state index contributed by atoms with van der Waals surface area (Å²) in [4.78, 5) is 11.1. The molecule has 0 saturated heterocycles. The third-order valence-corrected chi connectivity index (χ3v) is 2.49. The first-order valence-electron chi connectivity index (χ1n) is 4.68. The highest BCUT2D eigenvalue weighted by atomic mass is 32.1. The van der Waals surface area contributed by atoms with Crippen molar-refractivity contribution in [1.82, 2.24) is 5.32 Å². The van der Waals surface area contributed by atoms with Crippen LogP contribution in [-0.4, -0.2) is 17.7 Å². The molecule has 2 nitrogen and oxygen atoms in total. The van der Waals surface area contributed by atoms with Crippen molar-refractivity contribution in [2.45, 2.75) is 38.6 Å². The van der Waals surface area contributed by atoms with Crippen LogP contribution in [0.3, 0.4) is 0 Å². The molecular weight excluding hydrogens is 170 g/mol. The van der Waals surface area contributed by atoms with Crippen LogP contribution in [0.15, 0.2) is 0 Å². The number of amides is 1.